The number of nitrogens with zero attached hydrogens (tertiary/aromatic N) is 1. The molecule has 0 saturated heterocycles. The van der Waals surface area contributed by atoms with E-state index in [0.717, 1.165) is 29.3 Å². The summed E-state index contributed by atoms with van der Waals surface area (Å²) in [6.45, 7) is 2.13. The van der Waals surface area contributed by atoms with Gasteiger partial charge in [0.05, 0.1) is 4.92 Å². The molecular weight excluding hydrogens is 452 g/mol. The van der Waals surface area contributed by atoms with Crippen molar-refractivity contribution in [3.8, 4) is 0 Å². The second-order valence-corrected chi connectivity index (χ2v) is 9.23. The van der Waals surface area contributed by atoms with Crippen LogP contribution in [0.1, 0.15) is 36.1 Å². The first-order valence-corrected chi connectivity index (χ1v) is 11.4. The summed E-state index contributed by atoms with van der Waals surface area (Å²) in [5, 5.41) is 19.8. The van der Waals surface area contributed by atoms with E-state index in [1.807, 2.05) is 12.1 Å². The number of nitro benzene ring substituents is 1. The zero-order chi connectivity index (χ0) is 21.5. The molecule has 156 valence electrons. The Labute approximate surface area is 189 Å². The SMILES string of the molecule is CC(NC1CCc2ccc3c(cc(Br)c4ccccc43)c2C1)c1ccc([N+](=O)[O-])cc1. The lowest BCUT2D eigenvalue weighted by molar-refractivity contribution is -0.384. The zero-order valence-electron chi connectivity index (χ0n) is 17.3. The summed E-state index contributed by atoms with van der Waals surface area (Å²) in [5.41, 5.74) is 4.08. The molecule has 31 heavy (non-hydrogen) atoms. The number of aryl methyl sites for hydroxylation is 1. The van der Waals surface area contributed by atoms with Crippen molar-refractivity contribution in [2.75, 3.05) is 0 Å². The van der Waals surface area contributed by atoms with E-state index in [1.165, 1.54) is 32.7 Å². The van der Waals surface area contributed by atoms with Crippen LogP contribution in [0.4, 0.5) is 5.69 Å². The Bertz CT molecular complexity index is 1300. The summed E-state index contributed by atoms with van der Waals surface area (Å²) in [6.07, 6.45) is 3.12. The molecule has 1 N–H and O–H groups in total. The van der Waals surface area contributed by atoms with Crippen LogP contribution in [0.3, 0.4) is 0 Å². The molecule has 0 aromatic heterocycles. The lowest BCUT2D eigenvalue weighted by Crippen LogP contribution is -2.36. The van der Waals surface area contributed by atoms with Gasteiger partial charge in [0, 0.05) is 28.7 Å². The van der Waals surface area contributed by atoms with Gasteiger partial charge in [0.1, 0.15) is 0 Å². The van der Waals surface area contributed by atoms with Crippen molar-refractivity contribution < 1.29 is 4.92 Å². The number of rotatable bonds is 4. The molecule has 0 radical (unpaired) electrons. The maximum Gasteiger partial charge on any atom is 0.269 e. The van der Waals surface area contributed by atoms with Crippen LogP contribution in [-0.4, -0.2) is 11.0 Å². The quantitative estimate of drug-likeness (QED) is 0.199. The number of non-ortho nitro benzene ring substituents is 1. The largest absolute Gasteiger partial charge is 0.307 e. The van der Waals surface area contributed by atoms with E-state index in [-0.39, 0.29) is 16.7 Å². The second kappa shape index (κ2) is 8.06. The fourth-order valence-corrected chi connectivity index (χ4v) is 5.45. The summed E-state index contributed by atoms with van der Waals surface area (Å²) in [7, 11) is 0. The Morgan fingerprint density at radius 3 is 2.45 bits per heavy atom. The van der Waals surface area contributed by atoms with Gasteiger partial charge in [-0.2, -0.15) is 0 Å². The Kier molecular flexibility index (Phi) is 5.24. The molecule has 0 saturated carbocycles. The first kappa shape index (κ1) is 20.2. The summed E-state index contributed by atoms with van der Waals surface area (Å²) >= 11 is 3.78. The first-order valence-electron chi connectivity index (χ1n) is 10.6. The van der Waals surface area contributed by atoms with Gasteiger partial charge in [-0.25, -0.2) is 0 Å². The number of nitro groups is 1. The number of fused-ring (bicyclic) bond motifs is 5. The van der Waals surface area contributed by atoms with Crippen LogP contribution in [0.2, 0.25) is 0 Å². The Hall–Kier alpha value is -2.76. The molecule has 0 bridgehead atoms. The van der Waals surface area contributed by atoms with Gasteiger partial charge in [-0.05, 0) is 70.5 Å². The minimum Gasteiger partial charge on any atom is -0.307 e. The average Bonchev–Trinajstić information content (AvgIpc) is 2.79. The highest BCUT2D eigenvalue weighted by Crippen LogP contribution is 2.37. The van der Waals surface area contributed by atoms with Crippen LogP contribution in [0.15, 0.2) is 71.2 Å². The van der Waals surface area contributed by atoms with Crippen molar-refractivity contribution in [3.63, 3.8) is 0 Å². The molecule has 0 fully saturated rings. The molecule has 1 aliphatic rings. The van der Waals surface area contributed by atoms with Crippen LogP contribution in [0.5, 0.6) is 0 Å². The predicted octanol–water partition coefficient (Wildman–Crippen LogP) is 6.87. The molecule has 5 rings (SSSR count). The van der Waals surface area contributed by atoms with Gasteiger partial charge in [-0.15, -0.1) is 0 Å². The molecule has 4 aromatic carbocycles. The van der Waals surface area contributed by atoms with Gasteiger partial charge in [-0.1, -0.05) is 64.5 Å². The summed E-state index contributed by atoms with van der Waals surface area (Å²) in [6, 6.07) is 22.8. The monoisotopic (exact) mass is 474 g/mol. The highest BCUT2D eigenvalue weighted by atomic mass is 79.9. The van der Waals surface area contributed by atoms with Crippen LogP contribution >= 0.6 is 15.9 Å². The van der Waals surface area contributed by atoms with Gasteiger partial charge in [0.25, 0.3) is 5.69 Å². The van der Waals surface area contributed by atoms with Crippen LogP contribution in [0.25, 0.3) is 21.5 Å². The first-order chi connectivity index (χ1) is 15.0. The minimum atomic E-state index is -0.354. The molecule has 4 nitrogen and oxygen atoms in total. The van der Waals surface area contributed by atoms with E-state index >= 15 is 0 Å². The summed E-state index contributed by atoms with van der Waals surface area (Å²) in [4.78, 5) is 10.6. The molecule has 0 heterocycles. The molecule has 0 spiro atoms. The third kappa shape index (κ3) is 3.73. The number of hydrogen-bond donors (Lipinski definition) is 1. The fourth-order valence-electron chi connectivity index (χ4n) is 4.87. The zero-order valence-corrected chi connectivity index (χ0v) is 18.9. The number of halogens is 1. The number of nitrogens with one attached hydrogen (secondary N) is 1. The third-order valence-corrected chi connectivity index (χ3v) is 7.16. The lowest BCUT2D eigenvalue weighted by atomic mass is 9.83. The van der Waals surface area contributed by atoms with Crippen molar-refractivity contribution in [1.82, 2.24) is 5.32 Å². The fraction of sp³-hybridized carbons (Fsp3) is 0.231. The second-order valence-electron chi connectivity index (χ2n) is 8.38. The molecule has 0 amide bonds. The van der Waals surface area contributed by atoms with Crippen molar-refractivity contribution in [2.45, 2.75) is 38.3 Å². The van der Waals surface area contributed by atoms with E-state index in [1.54, 1.807) is 12.1 Å². The lowest BCUT2D eigenvalue weighted by Gasteiger charge is -2.30. The van der Waals surface area contributed by atoms with Crippen molar-refractivity contribution in [1.29, 1.82) is 0 Å². The van der Waals surface area contributed by atoms with Gasteiger partial charge in [0.2, 0.25) is 0 Å². The Morgan fingerprint density at radius 2 is 1.71 bits per heavy atom. The topological polar surface area (TPSA) is 55.2 Å². The van der Waals surface area contributed by atoms with Gasteiger partial charge < -0.3 is 5.32 Å². The highest BCUT2D eigenvalue weighted by molar-refractivity contribution is 9.10. The Morgan fingerprint density at radius 1 is 1.00 bits per heavy atom. The molecule has 2 atom stereocenters. The summed E-state index contributed by atoms with van der Waals surface area (Å²) < 4.78 is 1.14. The van der Waals surface area contributed by atoms with E-state index < -0.39 is 0 Å². The van der Waals surface area contributed by atoms with Gasteiger partial charge >= 0.3 is 0 Å². The molecule has 1 aliphatic carbocycles. The van der Waals surface area contributed by atoms with E-state index in [2.05, 4.69) is 70.6 Å². The van der Waals surface area contributed by atoms with E-state index in [0.29, 0.717) is 6.04 Å². The van der Waals surface area contributed by atoms with Crippen molar-refractivity contribution in [3.05, 3.63) is 98.0 Å². The Balaban J connectivity index is 1.44. The van der Waals surface area contributed by atoms with Crippen LogP contribution in [0, 0.1) is 10.1 Å². The highest BCUT2D eigenvalue weighted by Gasteiger charge is 2.23. The number of benzene rings is 4. The molecule has 5 heteroatoms. The van der Waals surface area contributed by atoms with Crippen molar-refractivity contribution in [2.24, 2.45) is 0 Å². The minimum absolute atomic E-state index is 0.131. The molecular formula is C26H23BrN2O2. The molecule has 2 unspecified atom stereocenters. The third-order valence-electron chi connectivity index (χ3n) is 6.50. The standard InChI is InChI=1S/C26H23BrN2O2/c1-16(17-7-11-20(12-8-17)29(30)31)28-19-10-6-18-9-13-22-21-4-2-3-5-23(21)26(27)15-25(22)24(18)14-19/h2-5,7-9,11-13,15-16,19,28H,6,10,14H2,1H3. The van der Waals surface area contributed by atoms with Crippen LogP contribution < -0.4 is 5.32 Å². The predicted molar refractivity (Wildman–Crippen MR) is 130 cm³/mol. The average molecular weight is 475 g/mol. The van der Waals surface area contributed by atoms with Gasteiger partial charge in [0.15, 0.2) is 0 Å². The van der Waals surface area contributed by atoms with Gasteiger partial charge in [-0.3, -0.25) is 10.1 Å². The molecule has 4 aromatic rings. The number of hydrogen-bond acceptors (Lipinski definition) is 3. The van der Waals surface area contributed by atoms with Crippen LogP contribution in [-0.2, 0) is 12.8 Å². The van der Waals surface area contributed by atoms with Crippen molar-refractivity contribution >= 4 is 43.2 Å². The maximum atomic E-state index is 10.9. The van der Waals surface area contributed by atoms with E-state index in [9.17, 15) is 10.1 Å². The summed E-state index contributed by atoms with van der Waals surface area (Å²) in [5.74, 6) is 0. The normalized spacial score (nSPS) is 16.9. The maximum absolute atomic E-state index is 10.9. The smallest absolute Gasteiger partial charge is 0.269 e. The van der Waals surface area contributed by atoms with E-state index in [4.69, 9.17) is 0 Å². The molecule has 0 aliphatic heterocycles.